The molecule has 3 aromatic carbocycles. The van der Waals surface area contributed by atoms with Gasteiger partial charge in [-0.2, -0.15) is 9.36 Å². The normalized spacial score (nSPS) is 13.3. The van der Waals surface area contributed by atoms with E-state index in [4.69, 9.17) is 14.2 Å². The van der Waals surface area contributed by atoms with Gasteiger partial charge in [-0.05, 0) is 47.5 Å². The van der Waals surface area contributed by atoms with Gasteiger partial charge in [-0.15, -0.1) is 0 Å². The highest BCUT2D eigenvalue weighted by Crippen LogP contribution is 2.29. The number of hydrogen-bond donors (Lipinski definition) is 0. The smallest absolute Gasteiger partial charge is 0.298 e. The first-order chi connectivity index (χ1) is 18.6. The number of rotatable bonds is 9. The maximum absolute atomic E-state index is 12.9. The topological polar surface area (TPSA) is 77.0 Å². The Bertz CT molecular complexity index is 1370. The standard InChI is InChI=1S/C29H30N4O4S/c1-35-24-7-5-6-22(18-24)19-27-30-29(38-31-27)37-23-12-10-21(11-13-23)20-28(34)33-16-14-32(15-17-33)25-8-3-4-9-26(25)36-2/h3-13,18H,14-17,19-20H2,1-2H3. The van der Waals surface area contributed by atoms with Crippen molar-refractivity contribution < 1.29 is 19.0 Å². The number of para-hydroxylation sites is 2. The van der Waals surface area contributed by atoms with Crippen molar-refractivity contribution in [3.63, 3.8) is 0 Å². The molecule has 0 bridgehead atoms. The van der Waals surface area contributed by atoms with Crippen LogP contribution in [-0.2, 0) is 17.6 Å². The van der Waals surface area contributed by atoms with Crippen molar-refractivity contribution in [3.05, 3.63) is 89.7 Å². The maximum Gasteiger partial charge on any atom is 0.298 e. The molecule has 2 heterocycles. The molecule has 196 valence electrons. The molecule has 8 nitrogen and oxygen atoms in total. The molecule has 5 rings (SSSR count). The second-order valence-corrected chi connectivity index (χ2v) is 9.68. The van der Waals surface area contributed by atoms with E-state index in [0.29, 0.717) is 42.7 Å². The Morgan fingerprint density at radius 3 is 2.42 bits per heavy atom. The summed E-state index contributed by atoms with van der Waals surface area (Å²) in [6, 6.07) is 23.4. The summed E-state index contributed by atoms with van der Waals surface area (Å²) >= 11 is 1.22. The summed E-state index contributed by atoms with van der Waals surface area (Å²) in [5.41, 5.74) is 3.09. The van der Waals surface area contributed by atoms with Crippen LogP contribution in [0.2, 0.25) is 0 Å². The third-order valence-electron chi connectivity index (χ3n) is 6.49. The molecule has 9 heteroatoms. The van der Waals surface area contributed by atoms with Crippen LogP contribution in [0, 0.1) is 0 Å². The third-order valence-corrected chi connectivity index (χ3v) is 7.12. The molecule has 0 N–H and O–H groups in total. The summed E-state index contributed by atoms with van der Waals surface area (Å²) in [6.45, 7) is 2.93. The molecule has 0 aliphatic carbocycles. The third kappa shape index (κ3) is 6.23. The second kappa shape index (κ2) is 12.0. The molecule has 0 spiro atoms. The van der Waals surface area contributed by atoms with E-state index in [1.54, 1.807) is 14.2 Å². The number of nitrogens with zero attached hydrogens (tertiary/aromatic N) is 4. The molecule has 0 atom stereocenters. The van der Waals surface area contributed by atoms with Crippen LogP contribution >= 0.6 is 11.5 Å². The van der Waals surface area contributed by atoms with Gasteiger partial charge in [0.25, 0.3) is 5.19 Å². The van der Waals surface area contributed by atoms with E-state index < -0.39 is 0 Å². The van der Waals surface area contributed by atoms with Crippen LogP contribution in [0.15, 0.2) is 72.8 Å². The molecular weight excluding hydrogens is 500 g/mol. The summed E-state index contributed by atoms with van der Waals surface area (Å²) in [4.78, 5) is 21.6. The van der Waals surface area contributed by atoms with Gasteiger partial charge in [-0.1, -0.05) is 36.4 Å². The largest absolute Gasteiger partial charge is 0.497 e. The van der Waals surface area contributed by atoms with Crippen molar-refractivity contribution in [3.8, 4) is 22.4 Å². The van der Waals surface area contributed by atoms with Gasteiger partial charge in [0, 0.05) is 44.1 Å². The number of anilines is 1. The van der Waals surface area contributed by atoms with E-state index in [9.17, 15) is 4.79 Å². The summed E-state index contributed by atoms with van der Waals surface area (Å²) < 4.78 is 21.1. The molecule has 1 fully saturated rings. The average molecular weight is 531 g/mol. The van der Waals surface area contributed by atoms with E-state index in [2.05, 4.69) is 20.3 Å². The van der Waals surface area contributed by atoms with Gasteiger partial charge in [0.2, 0.25) is 5.91 Å². The molecule has 4 aromatic rings. The van der Waals surface area contributed by atoms with Gasteiger partial charge >= 0.3 is 0 Å². The SMILES string of the molecule is COc1cccc(Cc2nsc(Oc3ccc(CC(=O)N4CCN(c5ccccc5OC)CC4)cc3)n2)c1. The number of aromatic nitrogens is 2. The van der Waals surface area contributed by atoms with E-state index in [0.717, 1.165) is 41.4 Å². The van der Waals surface area contributed by atoms with Gasteiger partial charge < -0.3 is 24.0 Å². The fourth-order valence-electron chi connectivity index (χ4n) is 4.47. The molecular formula is C29H30N4O4S. The lowest BCUT2D eigenvalue weighted by atomic mass is 10.1. The first-order valence-electron chi connectivity index (χ1n) is 12.5. The minimum atomic E-state index is 0.129. The van der Waals surface area contributed by atoms with E-state index in [1.807, 2.05) is 71.6 Å². The minimum absolute atomic E-state index is 0.129. The van der Waals surface area contributed by atoms with E-state index in [-0.39, 0.29) is 5.91 Å². The fourth-order valence-corrected chi connectivity index (χ4v) is 5.04. The first-order valence-corrected chi connectivity index (χ1v) is 13.3. The number of benzene rings is 3. The van der Waals surface area contributed by atoms with Crippen LogP contribution in [0.4, 0.5) is 5.69 Å². The number of ether oxygens (including phenoxy) is 3. The van der Waals surface area contributed by atoms with Gasteiger partial charge in [-0.3, -0.25) is 4.79 Å². The molecule has 1 aliphatic rings. The molecule has 0 saturated carbocycles. The molecule has 1 aromatic heterocycles. The Morgan fingerprint density at radius 1 is 0.868 bits per heavy atom. The van der Waals surface area contributed by atoms with Crippen molar-refractivity contribution in [2.24, 2.45) is 0 Å². The lowest BCUT2D eigenvalue weighted by Gasteiger charge is -2.36. The summed E-state index contributed by atoms with van der Waals surface area (Å²) in [7, 11) is 3.34. The number of carbonyl (C=O) groups excluding carboxylic acids is 1. The summed E-state index contributed by atoms with van der Waals surface area (Å²) in [5.74, 6) is 3.16. The molecule has 38 heavy (non-hydrogen) atoms. The second-order valence-electron chi connectivity index (χ2n) is 8.97. The summed E-state index contributed by atoms with van der Waals surface area (Å²) in [6.07, 6.45) is 0.962. The van der Waals surface area contributed by atoms with Gasteiger partial charge in [-0.25, -0.2) is 0 Å². The number of methoxy groups -OCH3 is 2. The van der Waals surface area contributed by atoms with E-state index in [1.165, 1.54) is 11.5 Å². The summed E-state index contributed by atoms with van der Waals surface area (Å²) in [5, 5.41) is 0.486. The Kier molecular flexibility index (Phi) is 8.04. The van der Waals surface area contributed by atoms with Crippen LogP contribution in [0.25, 0.3) is 0 Å². The van der Waals surface area contributed by atoms with Crippen LogP contribution in [0.3, 0.4) is 0 Å². The van der Waals surface area contributed by atoms with Crippen molar-refractivity contribution >= 4 is 23.1 Å². The quantitative estimate of drug-likeness (QED) is 0.307. The van der Waals surface area contributed by atoms with Crippen molar-refractivity contribution in [2.45, 2.75) is 12.8 Å². The molecule has 1 amide bonds. The van der Waals surface area contributed by atoms with Crippen molar-refractivity contribution in [1.29, 1.82) is 0 Å². The van der Waals surface area contributed by atoms with Gasteiger partial charge in [0.15, 0.2) is 5.82 Å². The minimum Gasteiger partial charge on any atom is -0.497 e. The van der Waals surface area contributed by atoms with Crippen LogP contribution in [0.1, 0.15) is 17.0 Å². The highest BCUT2D eigenvalue weighted by molar-refractivity contribution is 7.07. The Balaban J connectivity index is 1.11. The van der Waals surface area contributed by atoms with Crippen molar-refractivity contribution in [1.82, 2.24) is 14.3 Å². The molecule has 0 unspecified atom stereocenters. The lowest BCUT2D eigenvalue weighted by molar-refractivity contribution is -0.130. The maximum atomic E-state index is 12.9. The molecule has 1 aliphatic heterocycles. The fraction of sp³-hybridized carbons (Fsp3) is 0.276. The molecule has 0 radical (unpaired) electrons. The van der Waals surface area contributed by atoms with Gasteiger partial charge in [0.05, 0.1) is 26.3 Å². The zero-order chi connectivity index (χ0) is 26.3. The predicted molar refractivity (Wildman–Crippen MR) is 148 cm³/mol. The first kappa shape index (κ1) is 25.5. The van der Waals surface area contributed by atoms with Crippen LogP contribution in [-0.4, -0.2) is 60.6 Å². The number of piperazine rings is 1. The van der Waals surface area contributed by atoms with Crippen LogP contribution in [0.5, 0.6) is 22.4 Å². The number of carbonyl (C=O) groups is 1. The highest BCUT2D eigenvalue weighted by Gasteiger charge is 2.23. The Hall–Kier alpha value is -4.11. The van der Waals surface area contributed by atoms with Gasteiger partial charge in [0.1, 0.15) is 17.2 Å². The zero-order valence-corrected chi connectivity index (χ0v) is 22.3. The zero-order valence-electron chi connectivity index (χ0n) is 21.5. The predicted octanol–water partition coefficient (Wildman–Crippen LogP) is 4.83. The lowest BCUT2D eigenvalue weighted by Crippen LogP contribution is -2.49. The Morgan fingerprint density at radius 2 is 1.66 bits per heavy atom. The van der Waals surface area contributed by atoms with Crippen LogP contribution < -0.4 is 19.1 Å². The average Bonchev–Trinajstić information content (AvgIpc) is 3.40. The Labute approximate surface area is 226 Å². The number of hydrogen-bond acceptors (Lipinski definition) is 8. The monoisotopic (exact) mass is 530 g/mol. The van der Waals surface area contributed by atoms with E-state index >= 15 is 0 Å². The van der Waals surface area contributed by atoms with Crippen molar-refractivity contribution in [2.75, 3.05) is 45.3 Å². The highest BCUT2D eigenvalue weighted by atomic mass is 32.1. The molecule has 1 saturated heterocycles. The number of amides is 1.